The molecule has 0 amide bonds. The summed E-state index contributed by atoms with van der Waals surface area (Å²) in [6.07, 6.45) is -1.03. The zero-order valence-corrected chi connectivity index (χ0v) is 7.90. The summed E-state index contributed by atoms with van der Waals surface area (Å²) >= 11 is 0. The molecule has 1 aliphatic rings. The molecule has 3 nitrogen and oxygen atoms in total. The van der Waals surface area contributed by atoms with E-state index >= 15 is 0 Å². The summed E-state index contributed by atoms with van der Waals surface area (Å²) in [5, 5.41) is 18.9. The first kappa shape index (κ1) is 9.96. The van der Waals surface area contributed by atoms with Crippen molar-refractivity contribution >= 4 is 0 Å². The second-order valence-corrected chi connectivity index (χ2v) is 3.99. The third kappa shape index (κ3) is 1.97. The first-order valence-electron chi connectivity index (χ1n) is 4.54. The minimum absolute atomic E-state index is 0.185. The Balaban J connectivity index is 2.47. The van der Waals surface area contributed by atoms with E-state index in [1.165, 1.54) is 0 Å². The number of aliphatic hydroxyl groups is 2. The molecule has 1 aliphatic heterocycles. The van der Waals surface area contributed by atoms with Crippen LogP contribution in [0.2, 0.25) is 0 Å². The molecule has 1 rings (SSSR count). The van der Waals surface area contributed by atoms with Crippen LogP contribution in [-0.2, 0) is 4.74 Å². The monoisotopic (exact) mass is 174 g/mol. The van der Waals surface area contributed by atoms with Gasteiger partial charge in [0, 0.05) is 0 Å². The van der Waals surface area contributed by atoms with E-state index in [-0.39, 0.29) is 12.2 Å². The van der Waals surface area contributed by atoms with Crippen molar-refractivity contribution in [1.82, 2.24) is 0 Å². The minimum atomic E-state index is -0.714. The van der Waals surface area contributed by atoms with Gasteiger partial charge in [-0.3, -0.25) is 0 Å². The molecule has 1 heterocycles. The SMILES string of the molecule is CC(C)C[C@@H]1O[C@H](C)[C@@H](O)[C@@H]1O. The summed E-state index contributed by atoms with van der Waals surface area (Å²) < 4.78 is 5.40. The molecule has 0 saturated carbocycles. The maximum absolute atomic E-state index is 9.50. The van der Waals surface area contributed by atoms with Gasteiger partial charge in [0.1, 0.15) is 12.2 Å². The number of ether oxygens (including phenoxy) is 1. The van der Waals surface area contributed by atoms with Crippen LogP contribution in [0.1, 0.15) is 27.2 Å². The highest BCUT2D eigenvalue weighted by Gasteiger charge is 2.39. The van der Waals surface area contributed by atoms with E-state index in [9.17, 15) is 10.2 Å². The summed E-state index contributed by atoms with van der Waals surface area (Å²) in [6, 6.07) is 0. The predicted octanol–water partition coefficient (Wildman–Crippen LogP) is 0.542. The summed E-state index contributed by atoms with van der Waals surface area (Å²) in [5.74, 6) is 0.488. The Morgan fingerprint density at radius 2 is 1.83 bits per heavy atom. The van der Waals surface area contributed by atoms with E-state index in [2.05, 4.69) is 13.8 Å². The summed E-state index contributed by atoms with van der Waals surface area (Å²) in [7, 11) is 0. The first-order valence-corrected chi connectivity index (χ1v) is 4.54. The van der Waals surface area contributed by atoms with Gasteiger partial charge in [0.2, 0.25) is 0 Å². The molecule has 0 aliphatic carbocycles. The highest BCUT2D eigenvalue weighted by molar-refractivity contribution is 4.88. The molecule has 0 aromatic heterocycles. The smallest absolute Gasteiger partial charge is 0.109 e. The summed E-state index contributed by atoms with van der Waals surface area (Å²) in [6.45, 7) is 5.94. The molecular formula is C9H18O3. The Bertz CT molecular complexity index is 145. The van der Waals surface area contributed by atoms with E-state index in [4.69, 9.17) is 4.74 Å². The van der Waals surface area contributed by atoms with Gasteiger partial charge in [-0.2, -0.15) is 0 Å². The second-order valence-electron chi connectivity index (χ2n) is 3.99. The molecule has 0 radical (unpaired) electrons. The minimum Gasteiger partial charge on any atom is -0.388 e. The Kier molecular flexibility index (Phi) is 3.09. The number of rotatable bonds is 2. The van der Waals surface area contributed by atoms with Crippen LogP contribution in [0.25, 0.3) is 0 Å². The van der Waals surface area contributed by atoms with Crippen LogP contribution in [0.5, 0.6) is 0 Å². The van der Waals surface area contributed by atoms with Gasteiger partial charge in [-0.1, -0.05) is 13.8 Å². The molecule has 72 valence electrons. The lowest BCUT2D eigenvalue weighted by Gasteiger charge is -2.16. The Labute approximate surface area is 73.4 Å². The molecule has 0 spiro atoms. The Hall–Kier alpha value is -0.120. The van der Waals surface area contributed by atoms with Crippen molar-refractivity contribution < 1.29 is 14.9 Å². The lowest BCUT2D eigenvalue weighted by atomic mass is 10.0. The molecular weight excluding hydrogens is 156 g/mol. The molecule has 0 unspecified atom stereocenters. The number of aliphatic hydroxyl groups excluding tert-OH is 2. The van der Waals surface area contributed by atoms with Crippen LogP contribution in [0.15, 0.2) is 0 Å². The van der Waals surface area contributed by atoms with Gasteiger partial charge in [-0.25, -0.2) is 0 Å². The van der Waals surface area contributed by atoms with Crippen molar-refractivity contribution in [3.05, 3.63) is 0 Å². The molecule has 12 heavy (non-hydrogen) atoms. The molecule has 1 saturated heterocycles. The van der Waals surface area contributed by atoms with Gasteiger partial charge in [-0.15, -0.1) is 0 Å². The molecule has 0 bridgehead atoms. The van der Waals surface area contributed by atoms with Gasteiger partial charge < -0.3 is 14.9 Å². The van der Waals surface area contributed by atoms with E-state index in [0.29, 0.717) is 5.92 Å². The zero-order chi connectivity index (χ0) is 9.30. The van der Waals surface area contributed by atoms with Crippen molar-refractivity contribution in [3.8, 4) is 0 Å². The number of hydrogen-bond acceptors (Lipinski definition) is 3. The van der Waals surface area contributed by atoms with Gasteiger partial charge in [0.15, 0.2) is 0 Å². The van der Waals surface area contributed by atoms with Gasteiger partial charge >= 0.3 is 0 Å². The van der Waals surface area contributed by atoms with E-state index in [0.717, 1.165) is 6.42 Å². The van der Waals surface area contributed by atoms with E-state index in [1.54, 1.807) is 6.92 Å². The normalized spacial score (nSPS) is 42.5. The van der Waals surface area contributed by atoms with Crippen molar-refractivity contribution in [1.29, 1.82) is 0 Å². The van der Waals surface area contributed by atoms with Crippen LogP contribution in [0.3, 0.4) is 0 Å². The first-order chi connectivity index (χ1) is 5.52. The fraction of sp³-hybridized carbons (Fsp3) is 1.00. The molecule has 3 heteroatoms. The molecule has 2 N–H and O–H groups in total. The fourth-order valence-corrected chi connectivity index (χ4v) is 1.59. The van der Waals surface area contributed by atoms with Gasteiger partial charge in [0.25, 0.3) is 0 Å². The van der Waals surface area contributed by atoms with Crippen molar-refractivity contribution in [2.24, 2.45) is 5.92 Å². The summed E-state index contributed by atoms with van der Waals surface area (Å²) in [5.41, 5.74) is 0. The molecule has 4 atom stereocenters. The van der Waals surface area contributed by atoms with Gasteiger partial charge in [-0.05, 0) is 19.3 Å². The summed E-state index contributed by atoms with van der Waals surface area (Å²) in [4.78, 5) is 0. The third-order valence-electron chi connectivity index (χ3n) is 2.30. The van der Waals surface area contributed by atoms with Crippen molar-refractivity contribution in [2.45, 2.75) is 51.6 Å². The Morgan fingerprint density at radius 1 is 1.25 bits per heavy atom. The molecule has 1 fully saturated rings. The largest absolute Gasteiger partial charge is 0.388 e. The third-order valence-corrected chi connectivity index (χ3v) is 2.30. The van der Waals surface area contributed by atoms with Crippen LogP contribution < -0.4 is 0 Å². The quantitative estimate of drug-likeness (QED) is 0.642. The highest BCUT2D eigenvalue weighted by atomic mass is 16.5. The van der Waals surface area contributed by atoms with E-state index < -0.39 is 12.2 Å². The van der Waals surface area contributed by atoms with Crippen LogP contribution >= 0.6 is 0 Å². The van der Waals surface area contributed by atoms with Crippen molar-refractivity contribution in [2.75, 3.05) is 0 Å². The fourth-order valence-electron chi connectivity index (χ4n) is 1.59. The maximum Gasteiger partial charge on any atom is 0.109 e. The highest BCUT2D eigenvalue weighted by Crippen LogP contribution is 2.25. The average molecular weight is 174 g/mol. The lowest BCUT2D eigenvalue weighted by molar-refractivity contribution is 0.00430. The number of hydrogen-bond donors (Lipinski definition) is 2. The van der Waals surface area contributed by atoms with Crippen LogP contribution in [0.4, 0.5) is 0 Å². The van der Waals surface area contributed by atoms with Crippen LogP contribution in [0, 0.1) is 5.92 Å². The maximum atomic E-state index is 9.50. The molecule has 0 aromatic carbocycles. The zero-order valence-electron chi connectivity index (χ0n) is 7.90. The van der Waals surface area contributed by atoms with E-state index in [1.807, 2.05) is 0 Å². The lowest BCUT2D eigenvalue weighted by Crippen LogP contribution is -2.32. The van der Waals surface area contributed by atoms with Crippen LogP contribution in [-0.4, -0.2) is 34.6 Å². The average Bonchev–Trinajstić information content (AvgIpc) is 2.17. The Morgan fingerprint density at radius 3 is 2.17 bits per heavy atom. The standard InChI is InChI=1S/C9H18O3/c1-5(2)4-7-9(11)8(10)6(3)12-7/h5-11H,4H2,1-3H3/t6-,7+,8-,9-/m1/s1. The topological polar surface area (TPSA) is 49.7 Å². The molecule has 0 aromatic rings. The second kappa shape index (κ2) is 3.73. The predicted molar refractivity (Wildman–Crippen MR) is 45.8 cm³/mol. The van der Waals surface area contributed by atoms with Gasteiger partial charge in [0.05, 0.1) is 12.2 Å². The van der Waals surface area contributed by atoms with Crippen molar-refractivity contribution in [3.63, 3.8) is 0 Å².